The van der Waals surface area contributed by atoms with E-state index >= 15 is 0 Å². The first kappa shape index (κ1) is 18.8. The fourth-order valence-electron chi connectivity index (χ4n) is 2.87. The average molecular weight is 367 g/mol. The first-order valence-corrected chi connectivity index (χ1v) is 8.75. The summed E-state index contributed by atoms with van der Waals surface area (Å²) in [6.07, 6.45) is 2.00. The maximum absolute atomic E-state index is 12.5. The normalized spacial score (nSPS) is 14.8. The number of methoxy groups -OCH3 is 1. The molecule has 1 aromatic heterocycles. The van der Waals surface area contributed by atoms with Crippen LogP contribution in [0.15, 0.2) is 30.3 Å². The zero-order chi connectivity index (χ0) is 16.2. The third kappa shape index (κ3) is 4.29. The Kier molecular flexibility index (Phi) is 6.66. The van der Waals surface area contributed by atoms with Gasteiger partial charge < -0.3 is 15.4 Å². The van der Waals surface area contributed by atoms with E-state index in [0.717, 1.165) is 52.6 Å². The van der Waals surface area contributed by atoms with Crippen molar-refractivity contribution in [3.8, 4) is 16.9 Å². The number of ether oxygens (including phenoxy) is 1. The molecule has 3 rings (SSSR count). The minimum Gasteiger partial charge on any atom is -0.497 e. The number of amides is 1. The first-order chi connectivity index (χ1) is 11.2. The van der Waals surface area contributed by atoms with E-state index in [1.54, 1.807) is 18.4 Å². The summed E-state index contributed by atoms with van der Waals surface area (Å²) in [5.41, 5.74) is 2.23. The number of piperidine rings is 1. The van der Waals surface area contributed by atoms with Crippen LogP contribution in [0.25, 0.3) is 11.1 Å². The molecule has 0 radical (unpaired) electrons. The van der Waals surface area contributed by atoms with Gasteiger partial charge in [-0.25, -0.2) is 0 Å². The highest BCUT2D eigenvalue weighted by atomic mass is 35.5. The number of hydrogen-bond acceptors (Lipinski definition) is 4. The zero-order valence-corrected chi connectivity index (χ0v) is 15.6. The van der Waals surface area contributed by atoms with E-state index in [9.17, 15) is 4.79 Å². The lowest BCUT2D eigenvalue weighted by Gasteiger charge is -2.23. The molecule has 1 amide bonds. The highest BCUT2D eigenvalue weighted by molar-refractivity contribution is 7.14. The Morgan fingerprint density at radius 2 is 1.92 bits per heavy atom. The SMILES string of the molecule is COc1ccc(-c2cc(C(=O)NC3CCNCC3)sc2C)cc1.Cl. The lowest BCUT2D eigenvalue weighted by atomic mass is 10.1. The van der Waals surface area contributed by atoms with Crippen LogP contribution in [0.1, 0.15) is 27.4 Å². The van der Waals surface area contributed by atoms with Crippen molar-refractivity contribution in [3.63, 3.8) is 0 Å². The molecule has 24 heavy (non-hydrogen) atoms. The molecule has 2 aromatic rings. The molecule has 0 bridgehead atoms. The summed E-state index contributed by atoms with van der Waals surface area (Å²) < 4.78 is 5.20. The van der Waals surface area contributed by atoms with Gasteiger partial charge in [0.15, 0.2) is 0 Å². The number of rotatable bonds is 4. The molecule has 2 N–H and O–H groups in total. The van der Waals surface area contributed by atoms with Crippen molar-refractivity contribution >= 4 is 29.7 Å². The summed E-state index contributed by atoms with van der Waals surface area (Å²) in [6, 6.07) is 10.2. The van der Waals surface area contributed by atoms with Crippen molar-refractivity contribution in [2.75, 3.05) is 20.2 Å². The molecular weight excluding hydrogens is 344 g/mol. The van der Waals surface area contributed by atoms with Crippen molar-refractivity contribution in [2.24, 2.45) is 0 Å². The van der Waals surface area contributed by atoms with Gasteiger partial charge in [-0.1, -0.05) is 12.1 Å². The van der Waals surface area contributed by atoms with Gasteiger partial charge in [0.05, 0.1) is 12.0 Å². The summed E-state index contributed by atoms with van der Waals surface area (Å²) >= 11 is 1.56. The molecule has 1 saturated heterocycles. The van der Waals surface area contributed by atoms with Crippen LogP contribution < -0.4 is 15.4 Å². The van der Waals surface area contributed by atoms with Crippen LogP contribution in [0.5, 0.6) is 5.75 Å². The van der Waals surface area contributed by atoms with Gasteiger partial charge >= 0.3 is 0 Å². The minimum atomic E-state index is 0. The molecule has 0 saturated carbocycles. The van der Waals surface area contributed by atoms with Gasteiger partial charge in [0.25, 0.3) is 5.91 Å². The summed E-state index contributed by atoms with van der Waals surface area (Å²) in [6.45, 7) is 4.02. The molecule has 1 aliphatic heterocycles. The van der Waals surface area contributed by atoms with Crippen molar-refractivity contribution in [3.05, 3.63) is 40.1 Å². The van der Waals surface area contributed by atoms with Crippen LogP contribution in [0, 0.1) is 6.92 Å². The Labute approximate surface area is 153 Å². The average Bonchev–Trinajstić information content (AvgIpc) is 2.98. The van der Waals surface area contributed by atoms with Crippen molar-refractivity contribution in [1.29, 1.82) is 0 Å². The summed E-state index contributed by atoms with van der Waals surface area (Å²) in [7, 11) is 1.66. The summed E-state index contributed by atoms with van der Waals surface area (Å²) in [4.78, 5) is 14.4. The highest BCUT2D eigenvalue weighted by Crippen LogP contribution is 2.32. The molecule has 2 heterocycles. The van der Waals surface area contributed by atoms with E-state index in [1.807, 2.05) is 30.3 Å². The molecule has 0 aliphatic carbocycles. The number of nitrogens with one attached hydrogen (secondary N) is 2. The van der Waals surface area contributed by atoms with Crippen LogP contribution >= 0.6 is 23.7 Å². The Bertz CT molecular complexity index is 679. The van der Waals surface area contributed by atoms with Crippen LogP contribution in [-0.2, 0) is 0 Å². The second-order valence-electron chi connectivity index (χ2n) is 5.81. The topological polar surface area (TPSA) is 50.4 Å². The third-order valence-electron chi connectivity index (χ3n) is 4.22. The van der Waals surface area contributed by atoms with E-state index in [4.69, 9.17) is 4.74 Å². The number of halogens is 1. The van der Waals surface area contributed by atoms with Gasteiger partial charge in [-0.2, -0.15) is 0 Å². The van der Waals surface area contributed by atoms with Crippen LogP contribution in [0.2, 0.25) is 0 Å². The van der Waals surface area contributed by atoms with Crippen molar-refractivity contribution < 1.29 is 9.53 Å². The number of carbonyl (C=O) groups is 1. The van der Waals surface area contributed by atoms with Gasteiger partial charge in [0.2, 0.25) is 0 Å². The van der Waals surface area contributed by atoms with Crippen LogP contribution in [0.3, 0.4) is 0 Å². The molecule has 1 aromatic carbocycles. The molecule has 1 aliphatic rings. The molecule has 1 fully saturated rings. The maximum Gasteiger partial charge on any atom is 0.261 e. The Morgan fingerprint density at radius 3 is 2.54 bits per heavy atom. The zero-order valence-electron chi connectivity index (χ0n) is 13.9. The van der Waals surface area contributed by atoms with Gasteiger partial charge in [-0.3, -0.25) is 4.79 Å². The van der Waals surface area contributed by atoms with Gasteiger partial charge in [0, 0.05) is 10.9 Å². The second kappa shape index (κ2) is 8.51. The maximum atomic E-state index is 12.5. The van der Waals surface area contributed by atoms with E-state index < -0.39 is 0 Å². The summed E-state index contributed by atoms with van der Waals surface area (Å²) in [5.74, 6) is 0.885. The second-order valence-corrected chi connectivity index (χ2v) is 7.06. The largest absolute Gasteiger partial charge is 0.497 e. The lowest BCUT2D eigenvalue weighted by Crippen LogP contribution is -2.42. The van der Waals surface area contributed by atoms with Crippen molar-refractivity contribution in [2.45, 2.75) is 25.8 Å². The Hall–Kier alpha value is -1.56. The quantitative estimate of drug-likeness (QED) is 0.868. The number of thiophene rings is 1. The van der Waals surface area contributed by atoms with E-state index in [-0.39, 0.29) is 24.4 Å². The predicted molar refractivity (Wildman–Crippen MR) is 102 cm³/mol. The van der Waals surface area contributed by atoms with Gasteiger partial charge in [-0.15, -0.1) is 23.7 Å². The van der Waals surface area contributed by atoms with E-state index in [0.29, 0.717) is 0 Å². The molecule has 6 heteroatoms. The fourth-order valence-corrected chi connectivity index (χ4v) is 3.82. The van der Waals surface area contributed by atoms with Gasteiger partial charge in [0.1, 0.15) is 5.75 Å². The number of benzene rings is 1. The smallest absolute Gasteiger partial charge is 0.261 e. The van der Waals surface area contributed by atoms with Crippen molar-refractivity contribution in [1.82, 2.24) is 10.6 Å². The highest BCUT2D eigenvalue weighted by Gasteiger charge is 2.19. The Balaban J connectivity index is 0.00000208. The lowest BCUT2D eigenvalue weighted by molar-refractivity contribution is 0.0933. The predicted octanol–water partition coefficient (Wildman–Crippen LogP) is 3.64. The molecule has 130 valence electrons. The molecule has 0 spiro atoms. The number of hydrogen-bond donors (Lipinski definition) is 2. The molecular formula is C18H23ClN2O2S. The van der Waals surface area contributed by atoms with E-state index in [2.05, 4.69) is 17.6 Å². The fraction of sp³-hybridized carbons (Fsp3) is 0.389. The molecule has 4 nitrogen and oxygen atoms in total. The monoisotopic (exact) mass is 366 g/mol. The summed E-state index contributed by atoms with van der Waals surface area (Å²) in [5, 5.41) is 6.47. The molecule has 0 unspecified atom stereocenters. The minimum absolute atomic E-state index is 0. The van der Waals surface area contributed by atoms with Crippen LogP contribution in [0.4, 0.5) is 0 Å². The number of aryl methyl sites for hydroxylation is 1. The Morgan fingerprint density at radius 1 is 1.25 bits per heavy atom. The first-order valence-electron chi connectivity index (χ1n) is 7.94. The standard InChI is InChI=1S/C18H22N2O2S.ClH/c1-12-16(13-3-5-15(22-2)6-4-13)11-17(23-12)18(21)20-14-7-9-19-10-8-14;/h3-6,11,14,19H,7-10H2,1-2H3,(H,20,21);1H. The van der Waals surface area contributed by atoms with Crippen LogP contribution in [-0.4, -0.2) is 32.1 Å². The molecule has 0 atom stereocenters. The van der Waals surface area contributed by atoms with E-state index in [1.165, 1.54) is 0 Å². The number of carbonyl (C=O) groups excluding carboxylic acids is 1. The third-order valence-corrected chi connectivity index (χ3v) is 5.27. The van der Waals surface area contributed by atoms with Gasteiger partial charge in [-0.05, 0) is 62.2 Å².